The summed E-state index contributed by atoms with van der Waals surface area (Å²) in [5.41, 5.74) is -0.926. The Bertz CT molecular complexity index is 546. The quantitative estimate of drug-likeness (QED) is 0.675. The Morgan fingerprint density at radius 3 is 2.88 bits per heavy atom. The zero-order valence-electron chi connectivity index (χ0n) is 15.3. The summed E-state index contributed by atoms with van der Waals surface area (Å²) in [5.74, 6) is 0.0550. The molecule has 0 aromatic rings. The fourth-order valence-electron chi connectivity index (χ4n) is 4.98. The van der Waals surface area contributed by atoms with Crippen LogP contribution in [0.25, 0.3) is 0 Å². The third kappa shape index (κ3) is 2.87. The maximum atomic E-state index is 12.3. The molecule has 2 bridgehead atoms. The van der Waals surface area contributed by atoms with Crippen LogP contribution in [0.1, 0.15) is 46.5 Å². The number of fused-ring (bicyclic) bond motifs is 1. The zero-order chi connectivity index (χ0) is 18.2. The van der Waals surface area contributed by atoms with E-state index in [2.05, 4.69) is 19.9 Å². The number of aliphatic hydroxyl groups is 1. The molecule has 1 N–H and O–H groups in total. The van der Waals surface area contributed by atoms with Crippen molar-refractivity contribution in [1.29, 1.82) is 5.26 Å². The Labute approximate surface area is 149 Å². The van der Waals surface area contributed by atoms with Gasteiger partial charge in [-0.05, 0) is 25.7 Å². The number of carbonyl (C=O) groups excluding carboxylic acids is 1. The second-order valence-electron chi connectivity index (χ2n) is 7.78. The van der Waals surface area contributed by atoms with Crippen LogP contribution in [0.15, 0.2) is 0 Å². The van der Waals surface area contributed by atoms with Gasteiger partial charge in [-0.25, -0.2) is 0 Å². The van der Waals surface area contributed by atoms with Crippen molar-refractivity contribution >= 4 is 5.97 Å². The van der Waals surface area contributed by atoms with Crippen LogP contribution < -0.4 is 0 Å². The van der Waals surface area contributed by atoms with Crippen LogP contribution >= 0.6 is 0 Å². The summed E-state index contributed by atoms with van der Waals surface area (Å²) in [7, 11) is 0. The average Bonchev–Trinajstić information content (AvgIpc) is 3.18. The summed E-state index contributed by atoms with van der Waals surface area (Å²) in [4.78, 5) is 12.3. The summed E-state index contributed by atoms with van der Waals surface area (Å²) in [6, 6.07) is 2.34. The molecule has 0 aromatic carbocycles. The van der Waals surface area contributed by atoms with Gasteiger partial charge in [0.2, 0.25) is 0 Å². The summed E-state index contributed by atoms with van der Waals surface area (Å²) < 4.78 is 17.1. The van der Waals surface area contributed by atoms with E-state index in [4.69, 9.17) is 14.2 Å². The molecule has 6 nitrogen and oxygen atoms in total. The number of hydrogen-bond donors (Lipinski definition) is 1. The van der Waals surface area contributed by atoms with Gasteiger partial charge in [-0.2, -0.15) is 5.26 Å². The Balaban J connectivity index is 1.72. The highest BCUT2D eigenvalue weighted by atomic mass is 16.6. The second kappa shape index (κ2) is 7.22. The minimum Gasteiger partial charge on any atom is -0.459 e. The molecule has 1 saturated heterocycles. The van der Waals surface area contributed by atoms with Crippen molar-refractivity contribution in [2.24, 2.45) is 29.1 Å². The van der Waals surface area contributed by atoms with Gasteiger partial charge in [0, 0.05) is 30.8 Å². The summed E-state index contributed by atoms with van der Waals surface area (Å²) in [5, 5.41) is 20.2. The molecular formula is C19H29NO5. The van der Waals surface area contributed by atoms with Crippen LogP contribution in [0.2, 0.25) is 0 Å². The number of hydrogen-bond acceptors (Lipinski definition) is 6. The Kier molecular flexibility index (Phi) is 5.38. The maximum Gasteiger partial charge on any atom is 0.306 e. The van der Waals surface area contributed by atoms with E-state index in [0.29, 0.717) is 25.6 Å². The number of aliphatic hydroxyl groups excluding tert-OH is 1. The van der Waals surface area contributed by atoms with Gasteiger partial charge in [-0.3, -0.25) is 4.79 Å². The molecule has 0 spiro atoms. The highest BCUT2D eigenvalue weighted by Gasteiger charge is 2.75. The van der Waals surface area contributed by atoms with E-state index in [1.165, 1.54) is 0 Å². The lowest BCUT2D eigenvalue weighted by atomic mass is 9.67. The van der Waals surface area contributed by atoms with Gasteiger partial charge in [0.1, 0.15) is 17.6 Å². The van der Waals surface area contributed by atoms with E-state index in [1.807, 2.05) is 6.92 Å². The monoisotopic (exact) mass is 351 g/mol. The molecule has 25 heavy (non-hydrogen) atoms. The summed E-state index contributed by atoms with van der Waals surface area (Å²) >= 11 is 0. The van der Waals surface area contributed by atoms with Gasteiger partial charge >= 0.3 is 5.97 Å². The molecule has 0 amide bonds. The number of nitriles is 1. The Hall–Kier alpha value is -1.16. The third-order valence-electron chi connectivity index (χ3n) is 6.61. The predicted molar refractivity (Wildman–Crippen MR) is 89.1 cm³/mol. The second-order valence-corrected chi connectivity index (χ2v) is 7.78. The van der Waals surface area contributed by atoms with Crippen molar-refractivity contribution in [2.75, 3.05) is 13.2 Å². The topological polar surface area (TPSA) is 88.8 Å². The number of rotatable bonds is 8. The van der Waals surface area contributed by atoms with Crippen molar-refractivity contribution in [3.63, 3.8) is 0 Å². The average molecular weight is 351 g/mol. The lowest BCUT2D eigenvalue weighted by molar-refractivity contribution is -0.166. The van der Waals surface area contributed by atoms with Crippen LogP contribution in [0, 0.1) is 40.4 Å². The van der Waals surface area contributed by atoms with Crippen molar-refractivity contribution in [2.45, 2.75) is 65.0 Å². The highest BCUT2D eigenvalue weighted by Crippen LogP contribution is 2.66. The van der Waals surface area contributed by atoms with Gasteiger partial charge in [-0.15, -0.1) is 0 Å². The van der Waals surface area contributed by atoms with Crippen molar-refractivity contribution in [1.82, 2.24) is 0 Å². The molecule has 0 aromatic heterocycles. The first kappa shape index (κ1) is 18.6. The minimum atomic E-state index is -1.13. The fraction of sp³-hybridized carbons (Fsp3) is 0.895. The van der Waals surface area contributed by atoms with E-state index >= 15 is 0 Å². The van der Waals surface area contributed by atoms with E-state index < -0.39 is 11.7 Å². The number of ether oxygens (including phenoxy) is 3. The molecule has 1 heterocycles. The molecular weight excluding hydrogens is 322 g/mol. The van der Waals surface area contributed by atoms with E-state index in [0.717, 1.165) is 19.3 Å². The summed E-state index contributed by atoms with van der Waals surface area (Å²) in [6.07, 6.45) is 1.12. The smallest absolute Gasteiger partial charge is 0.306 e. The SMILES string of the molecule is CCOCC1C2CC3C(OC(O)C13C#N)C2OC(=O)CCC(C)CC. The highest BCUT2D eigenvalue weighted by molar-refractivity contribution is 5.69. The van der Waals surface area contributed by atoms with Gasteiger partial charge in [0.15, 0.2) is 6.29 Å². The van der Waals surface area contributed by atoms with Crippen molar-refractivity contribution in [3.8, 4) is 6.07 Å². The molecule has 1 aliphatic heterocycles. The molecule has 8 unspecified atom stereocenters. The van der Waals surface area contributed by atoms with Crippen LogP contribution in [0.4, 0.5) is 0 Å². The molecule has 3 rings (SSSR count). The van der Waals surface area contributed by atoms with Crippen LogP contribution in [0.5, 0.6) is 0 Å². The van der Waals surface area contributed by atoms with Gasteiger partial charge in [-0.1, -0.05) is 20.3 Å². The number of nitrogens with zero attached hydrogens (tertiary/aromatic N) is 1. The molecule has 2 aliphatic carbocycles. The molecule has 8 atom stereocenters. The summed E-state index contributed by atoms with van der Waals surface area (Å²) in [6.45, 7) is 7.08. The minimum absolute atomic E-state index is 0.0194. The van der Waals surface area contributed by atoms with Gasteiger partial charge in [0.25, 0.3) is 0 Å². The van der Waals surface area contributed by atoms with Crippen molar-refractivity contribution in [3.05, 3.63) is 0 Å². The number of carbonyl (C=O) groups is 1. The fourth-order valence-corrected chi connectivity index (χ4v) is 4.98. The van der Waals surface area contributed by atoms with E-state index in [-0.39, 0.29) is 35.9 Å². The largest absolute Gasteiger partial charge is 0.459 e. The normalized spacial score (nSPS) is 42.4. The maximum absolute atomic E-state index is 12.3. The zero-order valence-corrected chi connectivity index (χ0v) is 15.3. The van der Waals surface area contributed by atoms with Crippen LogP contribution in [0.3, 0.4) is 0 Å². The molecule has 3 aliphatic rings. The van der Waals surface area contributed by atoms with Crippen LogP contribution in [-0.2, 0) is 19.0 Å². The number of esters is 1. The standard InChI is InChI=1S/C19H29NO5/c1-4-11(3)6-7-15(21)24-16-12-8-13-17(16)25-18(22)19(13,10-20)14(12)9-23-5-2/h11-14,16-18,22H,4-9H2,1-3H3. The molecule has 140 valence electrons. The van der Waals surface area contributed by atoms with Crippen molar-refractivity contribution < 1.29 is 24.1 Å². The Morgan fingerprint density at radius 1 is 1.48 bits per heavy atom. The van der Waals surface area contributed by atoms with Crippen LogP contribution in [-0.4, -0.2) is 42.8 Å². The molecule has 6 heteroatoms. The molecule has 0 radical (unpaired) electrons. The first-order chi connectivity index (χ1) is 12.0. The predicted octanol–water partition coefficient (Wildman–Crippen LogP) is 2.25. The third-order valence-corrected chi connectivity index (χ3v) is 6.61. The first-order valence-electron chi connectivity index (χ1n) is 9.51. The lowest BCUT2D eigenvalue weighted by Gasteiger charge is -2.37. The lowest BCUT2D eigenvalue weighted by Crippen LogP contribution is -2.48. The van der Waals surface area contributed by atoms with Gasteiger partial charge < -0.3 is 19.3 Å². The first-order valence-corrected chi connectivity index (χ1v) is 9.51. The van der Waals surface area contributed by atoms with Gasteiger partial charge in [0.05, 0.1) is 12.7 Å². The van der Waals surface area contributed by atoms with E-state index in [1.54, 1.807) is 0 Å². The Morgan fingerprint density at radius 2 is 2.24 bits per heavy atom. The van der Waals surface area contributed by atoms with E-state index in [9.17, 15) is 15.2 Å². The molecule has 3 fully saturated rings. The molecule has 2 saturated carbocycles.